The summed E-state index contributed by atoms with van der Waals surface area (Å²) in [5.41, 5.74) is 12.9. The van der Waals surface area contributed by atoms with E-state index in [0.29, 0.717) is 0 Å². The number of rotatable bonds is 0. The van der Waals surface area contributed by atoms with Crippen molar-refractivity contribution in [3.63, 3.8) is 0 Å². The molecule has 0 radical (unpaired) electrons. The number of hydrogen-bond donors (Lipinski definition) is 1. The minimum Gasteiger partial charge on any atom is -0.320 e. The van der Waals surface area contributed by atoms with Crippen molar-refractivity contribution in [3.8, 4) is 11.1 Å². The smallest absolute Gasteiger partial charge is 0.123 e. The predicted octanol–water partition coefficient (Wildman–Crippen LogP) is 3.47. The largest absolute Gasteiger partial charge is 0.320 e. The van der Waals surface area contributed by atoms with E-state index in [2.05, 4.69) is 26.0 Å². The summed E-state index contributed by atoms with van der Waals surface area (Å²) in [6, 6.07) is 8.94. The fraction of sp³-hybridized carbons (Fsp3) is 0.200. The highest BCUT2D eigenvalue weighted by Gasteiger charge is 2.27. The van der Waals surface area contributed by atoms with Crippen molar-refractivity contribution >= 4 is 0 Å². The molecule has 1 unspecified atom stereocenters. The maximum Gasteiger partial charge on any atom is 0.123 e. The van der Waals surface area contributed by atoms with E-state index >= 15 is 0 Å². The van der Waals surface area contributed by atoms with Gasteiger partial charge in [0.25, 0.3) is 0 Å². The highest BCUT2D eigenvalue weighted by molar-refractivity contribution is 5.80. The van der Waals surface area contributed by atoms with Crippen molar-refractivity contribution in [2.45, 2.75) is 19.9 Å². The Morgan fingerprint density at radius 1 is 1.06 bits per heavy atom. The van der Waals surface area contributed by atoms with E-state index in [4.69, 9.17) is 5.73 Å². The van der Waals surface area contributed by atoms with Crippen LogP contribution in [0.15, 0.2) is 30.3 Å². The quantitative estimate of drug-likeness (QED) is 0.732. The third kappa shape index (κ3) is 1.41. The van der Waals surface area contributed by atoms with Gasteiger partial charge in [0, 0.05) is 0 Å². The Bertz CT molecular complexity index is 617. The minimum atomic E-state index is -0.221. The van der Waals surface area contributed by atoms with Gasteiger partial charge in [0.1, 0.15) is 5.82 Å². The standard InChI is InChI=1S/C15H14FN/c1-8-5-9(2)14-12(6-8)11-4-3-10(16)7-13(11)15(14)17/h3-7,15H,17H2,1-2H3. The monoisotopic (exact) mass is 227 g/mol. The molecule has 0 aliphatic heterocycles. The van der Waals surface area contributed by atoms with Gasteiger partial charge in [-0.2, -0.15) is 0 Å². The molecule has 0 fully saturated rings. The fourth-order valence-corrected chi connectivity index (χ4v) is 2.81. The summed E-state index contributed by atoms with van der Waals surface area (Å²) in [6.07, 6.45) is 0. The zero-order valence-electron chi connectivity index (χ0n) is 9.92. The molecule has 0 saturated carbocycles. The molecular weight excluding hydrogens is 213 g/mol. The topological polar surface area (TPSA) is 26.0 Å². The maximum atomic E-state index is 13.3. The first-order valence-electron chi connectivity index (χ1n) is 5.74. The molecule has 1 aliphatic carbocycles. The van der Waals surface area contributed by atoms with Crippen molar-refractivity contribution in [3.05, 3.63) is 58.4 Å². The van der Waals surface area contributed by atoms with E-state index in [9.17, 15) is 4.39 Å². The van der Waals surface area contributed by atoms with Crippen LogP contribution in [-0.4, -0.2) is 0 Å². The zero-order valence-corrected chi connectivity index (χ0v) is 9.92. The average molecular weight is 227 g/mol. The lowest BCUT2D eigenvalue weighted by Gasteiger charge is -2.10. The lowest BCUT2D eigenvalue weighted by atomic mass is 9.98. The van der Waals surface area contributed by atoms with E-state index in [1.165, 1.54) is 17.2 Å². The third-order valence-corrected chi connectivity index (χ3v) is 3.48. The van der Waals surface area contributed by atoms with Crippen LogP contribution in [-0.2, 0) is 0 Å². The molecule has 2 aromatic rings. The first-order valence-corrected chi connectivity index (χ1v) is 5.74. The van der Waals surface area contributed by atoms with Crippen LogP contribution >= 0.6 is 0 Å². The third-order valence-electron chi connectivity index (χ3n) is 3.48. The molecule has 2 N–H and O–H groups in total. The van der Waals surface area contributed by atoms with Crippen LogP contribution in [0.4, 0.5) is 4.39 Å². The van der Waals surface area contributed by atoms with Crippen LogP contribution < -0.4 is 5.73 Å². The maximum absolute atomic E-state index is 13.3. The molecule has 86 valence electrons. The van der Waals surface area contributed by atoms with Crippen LogP contribution in [0.3, 0.4) is 0 Å². The molecule has 1 nitrogen and oxygen atoms in total. The van der Waals surface area contributed by atoms with Gasteiger partial charge in [-0.3, -0.25) is 0 Å². The van der Waals surface area contributed by atoms with Gasteiger partial charge in [-0.25, -0.2) is 4.39 Å². The Morgan fingerprint density at radius 3 is 2.59 bits per heavy atom. The van der Waals surface area contributed by atoms with Gasteiger partial charge in [0.15, 0.2) is 0 Å². The van der Waals surface area contributed by atoms with E-state index in [1.807, 2.05) is 6.07 Å². The highest BCUT2D eigenvalue weighted by Crippen LogP contribution is 2.44. The lowest BCUT2D eigenvalue weighted by molar-refractivity contribution is 0.624. The summed E-state index contributed by atoms with van der Waals surface area (Å²) in [5.74, 6) is -0.221. The van der Waals surface area contributed by atoms with Crippen molar-refractivity contribution < 1.29 is 4.39 Å². The van der Waals surface area contributed by atoms with E-state index in [1.54, 1.807) is 6.07 Å². The average Bonchev–Trinajstić information content (AvgIpc) is 2.52. The molecule has 1 aliphatic rings. The Kier molecular flexibility index (Phi) is 2.10. The zero-order chi connectivity index (χ0) is 12.2. The molecule has 0 heterocycles. The van der Waals surface area contributed by atoms with Crippen LogP contribution in [0.5, 0.6) is 0 Å². The molecule has 0 spiro atoms. The highest BCUT2D eigenvalue weighted by atomic mass is 19.1. The van der Waals surface area contributed by atoms with Crippen LogP contribution in [0, 0.1) is 19.7 Å². The summed E-state index contributed by atoms with van der Waals surface area (Å²) < 4.78 is 13.3. The first kappa shape index (κ1) is 10.5. The molecule has 17 heavy (non-hydrogen) atoms. The normalized spacial score (nSPS) is 16.8. The van der Waals surface area contributed by atoms with Crippen LogP contribution in [0.2, 0.25) is 0 Å². The minimum absolute atomic E-state index is 0.198. The van der Waals surface area contributed by atoms with Gasteiger partial charge >= 0.3 is 0 Å². The Morgan fingerprint density at radius 2 is 1.82 bits per heavy atom. The number of halogens is 1. The summed E-state index contributed by atoms with van der Waals surface area (Å²) >= 11 is 0. The summed E-state index contributed by atoms with van der Waals surface area (Å²) in [6.45, 7) is 4.13. The van der Waals surface area contributed by atoms with Crippen molar-refractivity contribution in [2.75, 3.05) is 0 Å². The van der Waals surface area contributed by atoms with Gasteiger partial charge in [-0.05, 0) is 53.8 Å². The van der Waals surface area contributed by atoms with Crippen LogP contribution in [0.25, 0.3) is 11.1 Å². The SMILES string of the molecule is Cc1cc(C)c2c(c1)-c1ccc(F)cc1C2N. The van der Waals surface area contributed by atoms with Gasteiger partial charge in [-0.15, -0.1) is 0 Å². The van der Waals surface area contributed by atoms with E-state index in [-0.39, 0.29) is 11.9 Å². The van der Waals surface area contributed by atoms with Gasteiger partial charge < -0.3 is 5.73 Å². The molecule has 2 aromatic carbocycles. The van der Waals surface area contributed by atoms with Crippen molar-refractivity contribution in [1.82, 2.24) is 0 Å². The van der Waals surface area contributed by atoms with Gasteiger partial charge in [-0.1, -0.05) is 23.8 Å². The molecule has 0 saturated heterocycles. The second-order valence-corrected chi connectivity index (χ2v) is 4.75. The lowest BCUT2D eigenvalue weighted by Crippen LogP contribution is -2.09. The summed E-state index contributed by atoms with van der Waals surface area (Å²) in [7, 11) is 0. The van der Waals surface area contributed by atoms with Crippen LogP contribution in [0.1, 0.15) is 28.3 Å². The molecule has 1 atom stereocenters. The predicted molar refractivity (Wildman–Crippen MR) is 67.3 cm³/mol. The summed E-state index contributed by atoms with van der Waals surface area (Å²) in [5, 5.41) is 0. The van der Waals surface area contributed by atoms with Gasteiger partial charge in [0.05, 0.1) is 6.04 Å². The number of nitrogens with two attached hydrogens (primary N) is 1. The Hall–Kier alpha value is -1.67. The number of aryl methyl sites for hydroxylation is 2. The fourth-order valence-electron chi connectivity index (χ4n) is 2.81. The summed E-state index contributed by atoms with van der Waals surface area (Å²) in [4.78, 5) is 0. The second kappa shape index (κ2) is 3.41. The van der Waals surface area contributed by atoms with Gasteiger partial charge in [0.2, 0.25) is 0 Å². The second-order valence-electron chi connectivity index (χ2n) is 4.75. The van der Waals surface area contributed by atoms with E-state index in [0.717, 1.165) is 22.3 Å². The van der Waals surface area contributed by atoms with E-state index < -0.39 is 0 Å². The molecule has 0 aromatic heterocycles. The molecule has 0 bridgehead atoms. The Balaban J connectivity index is 2.35. The number of benzene rings is 2. The Labute approximate surface area is 100 Å². The number of hydrogen-bond acceptors (Lipinski definition) is 1. The molecular formula is C15H14FN. The van der Waals surface area contributed by atoms with Crippen molar-refractivity contribution in [2.24, 2.45) is 5.73 Å². The molecule has 0 amide bonds. The van der Waals surface area contributed by atoms with Crippen molar-refractivity contribution in [1.29, 1.82) is 0 Å². The molecule has 2 heteroatoms. The first-order chi connectivity index (χ1) is 8.08. The number of fused-ring (bicyclic) bond motifs is 3. The molecule has 3 rings (SSSR count).